The number of nitrogens with one attached hydrogen (secondary N) is 1. The van der Waals surface area contributed by atoms with Crippen LogP contribution in [-0.4, -0.2) is 26.4 Å². The van der Waals surface area contributed by atoms with E-state index in [1.54, 1.807) is 24.5 Å². The number of thioether (sulfide) groups is 1. The Kier molecular flexibility index (Phi) is 6.97. The zero-order chi connectivity index (χ0) is 22.5. The predicted molar refractivity (Wildman–Crippen MR) is 129 cm³/mol. The second kappa shape index (κ2) is 10.1. The van der Waals surface area contributed by atoms with Crippen LogP contribution in [0.3, 0.4) is 0 Å². The lowest BCUT2D eigenvalue weighted by Gasteiger charge is -2.11. The number of furan rings is 1. The van der Waals surface area contributed by atoms with Gasteiger partial charge in [0, 0.05) is 16.4 Å². The standard InChI is InChI=1S/C24H23ClN4O2S/c1-3-16(2)17-6-10-19(11-7-17)26-22(30)15-32-24-28-27-23(21-5-4-14-31-21)29(24)20-12-8-18(25)9-13-20/h4-14,16H,3,15H2,1-2H3,(H,26,30). The van der Waals surface area contributed by atoms with Crippen molar-refractivity contribution in [3.8, 4) is 17.3 Å². The normalized spacial score (nSPS) is 12.0. The number of amides is 1. The molecule has 0 aliphatic carbocycles. The van der Waals surface area contributed by atoms with Crippen molar-refractivity contribution >= 4 is 35.0 Å². The molecule has 0 saturated carbocycles. The number of rotatable bonds is 8. The molecule has 32 heavy (non-hydrogen) atoms. The summed E-state index contributed by atoms with van der Waals surface area (Å²) in [6, 6.07) is 19.0. The Balaban J connectivity index is 1.49. The smallest absolute Gasteiger partial charge is 0.234 e. The molecule has 2 heterocycles. The van der Waals surface area contributed by atoms with E-state index in [1.165, 1.54) is 17.3 Å². The fourth-order valence-corrected chi connectivity index (χ4v) is 4.09. The third-order valence-electron chi connectivity index (χ3n) is 5.17. The lowest BCUT2D eigenvalue weighted by Crippen LogP contribution is -2.14. The van der Waals surface area contributed by atoms with Gasteiger partial charge in [0.2, 0.25) is 11.7 Å². The molecule has 1 amide bonds. The molecule has 0 saturated heterocycles. The molecular weight excluding hydrogens is 444 g/mol. The average Bonchev–Trinajstić information content (AvgIpc) is 3.48. The van der Waals surface area contributed by atoms with Gasteiger partial charge >= 0.3 is 0 Å². The first-order valence-electron chi connectivity index (χ1n) is 10.3. The van der Waals surface area contributed by atoms with Crippen LogP contribution in [0.15, 0.2) is 76.5 Å². The van der Waals surface area contributed by atoms with Gasteiger partial charge in [-0.15, -0.1) is 10.2 Å². The highest BCUT2D eigenvalue weighted by molar-refractivity contribution is 7.99. The minimum Gasteiger partial charge on any atom is -0.461 e. The minimum atomic E-state index is -0.114. The van der Waals surface area contributed by atoms with Crippen LogP contribution in [0.1, 0.15) is 31.7 Å². The van der Waals surface area contributed by atoms with Crippen molar-refractivity contribution in [1.29, 1.82) is 0 Å². The highest BCUT2D eigenvalue weighted by Crippen LogP contribution is 2.29. The van der Waals surface area contributed by atoms with Crippen molar-refractivity contribution in [1.82, 2.24) is 14.8 Å². The molecule has 164 valence electrons. The summed E-state index contributed by atoms with van der Waals surface area (Å²) in [5.41, 5.74) is 2.87. The van der Waals surface area contributed by atoms with E-state index in [1.807, 2.05) is 34.9 Å². The van der Waals surface area contributed by atoms with Crippen LogP contribution in [0.2, 0.25) is 5.02 Å². The van der Waals surface area contributed by atoms with E-state index in [4.69, 9.17) is 16.0 Å². The monoisotopic (exact) mass is 466 g/mol. The van der Waals surface area contributed by atoms with E-state index in [-0.39, 0.29) is 11.7 Å². The molecule has 1 unspecified atom stereocenters. The van der Waals surface area contributed by atoms with Gasteiger partial charge in [-0.05, 0) is 66.4 Å². The number of halogens is 1. The summed E-state index contributed by atoms with van der Waals surface area (Å²) >= 11 is 7.36. The summed E-state index contributed by atoms with van der Waals surface area (Å²) in [5, 5.41) is 12.7. The van der Waals surface area contributed by atoms with Crippen LogP contribution in [0, 0.1) is 0 Å². The third kappa shape index (κ3) is 5.06. The second-order valence-electron chi connectivity index (χ2n) is 7.36. The van der Waals surface area contributed by atoms with Gasteiger partial charge in [0.25, 0.3) is 0 Å². The van der Waals surface area contributed by atoms with E-state index in [9.17, 15) is 4.79 Å². The maximum absolute atomic E-state index is 12.6. The van der Waals surface area contributed by atoms with E-state index in [0.29, 0.717) is 27.7 Å². The van der Waals surface area contributed by atoms with Gasteiger partial charge in [-0.3, -0.25) is 9.36 Å². The molecule has 0 spiro atoms. The van der Waals surface area contributed by atoms with Gasteiger partial charge in [-0.2, -0.15) is 0 Å². The van der Waals surface area contributed by atoms with Crippen LogP contribution in [0.4, 0.5) is 5.69 Å². The Hall–Kier alpha value is -3.03. The molecule has 2 aromatic carbocycles. The molecule has 0 fully saturated rings. The highest BCUT2D eigenvalue weighted by atomic mass is 35.5. The molecule has 4 aromatic rings. The number of nitrogens with zero attached hydrogens (tertiary/aromatic N) is 3. The van der Waals surface area contributed by atoms with Crippen molar-refractivity contribution in [3.05, 3.63) is 77.5 Å². The van der Waals surface area contributed by atoms with E-state index in [2.05, 4.69) is 41.5 Å². The van der Waals surface area contributed by atoms with E-state index >= 15 is 0 Å². The molecule has 8 heteroatoms. The van der Waals surface area contributed by atoms with Crippen molar-refractivity contribution in [3.63, 3.8) is 0 Å². The molecular formula is C24H23ClN4O2S. The Bertz CT molecular complexity index is 1170. The number of aromatic nitrogens is 3. The number of benzene rings is 2. The van der Waals surface area contributed by atoms with Gasteiger partial charge in [-0.1, -0.05) is 49.3 Å². The second-order valence-corrected chi connectivity index (χ2v) is 8.74. The molecule has 0 bridgehead atoms. The van der Waals surface area contributed by atoms with Crippen LogP contribution in [-0.2, 0) is 4.79 Å². The minimum absolute atomic E-state index is 0.114. The molecule has 2 aromatic heterocycles. The number of anilines is 1. The molecule has 4 rings (SSSR count). The number of hydrogen-bond acceptors (Lipinski definition) is 5. The summed E-state index contributed by atoms with van der Waals surface area (Å²) in [4.78, 5) is 12.6. The van der Waals surface area contributed by atoms with Crippen LogP contribution < -0.4 is 5.32 Å². The lowest BCUT2D eigenvalue weighted by molar-refractivity contribution is -0.113. The average molecular weight is 467 g/mol. The summed E-state index contributed by atoms with van der Waals surface area (Å²) in [5.74, 6) is 1.72. The predicted octanol–water partition coefficient (Wildman–Crippen LogP) is 6.43. The van der Waals surface area contributed by atoms with Crippen LogP contribution >= 0.6 is 23.4 Å². The molecule has 1 atom stereocenters. The summed E-state index contributed by atoms with van der Waals surface area (Å²) < 4.78 is 7.38. The maximum Gasteiger partial charge on any atom is 0.234 e. The van der Waals surface area contributed by atoms with Gasteiger partial charge in [0.15, 0.2) is 10.9 Å². The van der Waals surface area contributed by atoms with Gasteiger partial charge < -0.3 is 9.73 Å². The quantitative estimate of drug-likeness (QED) is 0.303. The molecule has 0 aliphatic rings. The molecule has 1 N–H and O–H groups in total. The van der Waals surface area contributed by atoms with Gasteiger partial charge in [-0.25, -0.2) is 0 Å². The summed E-state index contributed by atoms with van der Waals surface area (Å²) in [6.07, 6.45) is 2.67. The van der Waals surface area contributed by atoms with Gasteiger partial charge in [0.05, 0.1) is 12.0 Å². The zero-order valence-electron chi connectivity index (χ0n) is 17.8. The van der Waals surface area contributed by atoms with Crippen molar-refractivity contribution in [2.75, 3.05) is 11.1 Å². The van der Waals surface area contributed by atoms with Crippen molar-refractivity contribution < 1.29 is 9.21 Å². The summed E-state index contributed by atoms with van der Waals surface area (Å²) in [7, 11) is 0. The first-order valence-corrected chi connectivity index (χ1v) is 11.7. The Labute approximate surface area is 196 Å². The Morgan fingerprint density at radius 2 is 1.88 bits per heavy atom. The van der Waals surface area contributed by atoms with E-state index < -0.39 is 0 Å². The van der Waals surface area contributed by atoms with E-state index in [0.717, 1.165) is 17.8 Å². The molecule has 0 aliphatic heterocycles. The number of carbonyl (C=O) groups excluding carboxylic acids is 1. The van der Waals surface area contributed by atoms with Crippen molar-refractivity contribution in [2.24, 2.45) is 0 Å². The van der Waals surface area contributed by atoms with Crippen LogP contribution in [0.5, 0.6) is 0 Å². The topological polar surface area (TPSA) is 73.0 Å². The number of carbonyl (C=O) groups is 1. The molecule has 0 radical (unpaired) electrons. The largest absolute Gasteiger partial charge is 0.461 e. The van der Waals surface area contributed by atoms with Crippen LogP contribution in [0.25, 0.3) is 17.3 Å². The maximum atomic E-state index is 12.6. The van der Waals surface area contributed by atoms with Gasteiger partial charge in [0.1, 0.15) is 0 Å². The fourth-order valence-electron chi connectivity index (χ4n) is 3.21. The Morgan fingerprint density at radius 1 is 1.12 bits per heavy atom. The fraction of sp³-hybridized carbons (Fsp3) is 0.208. The molecule has 6 nitrogen and oxygen atoms in total. The first-order chi connectivity index (χ1) is 15.5. The van der Waals surface area contributed by atoms with Crippen molar-refractivity contribution in [2.45, 2.75) is 31.3 Å². The Morgan fingerprint density at radius 3 is 2.53 bits per heavy atom. The number of hydrogen-bond donors (Lipinski definition) is 1. The highest BCUT2D eigenvalue weighted by Gasteiger charge is 2.19. The lowest BCUT2D eigenvalue weighted by atomic mass is 9.99. The SMILES string of the molecule is CCC(C)c1ccc(NC(=O)CSc2nnc(-c3ccco3)n2-c2ccc(Cl)cc2)cc1. The zero-order valence-corrected chi connectivity index (χ0v) is 19.4. The first kappa shape index (κ1) is 22.2. The third-order valence-corrected chi connectivity index (χ3v) is 6.35. The summed E-state index contributed by atoms with van der Waals surface area (Å²) in [6.45, 7) is 4.36.